The number of esters is 1. The topological polar surface area (TPSA) is 79.1 Å². The third kappa shape index (κ3) is 4.19. The average molecular weight is 551 g/mol. The fourth-order valence-electron chi connectivity index (χ4n) is 4.34. The predicted molar refractivity (Wildman–Crippen MR) is 143 cm³/mol. The van der Waals surface area contributed by atoms with Crippen LogP contribution in [0.5, 0.6) is 11.5 Å². The normalized spacial score (nSPS) is 16.5. The average Bonchev–Trinajstić information content (AvgIpc) is 3.65. The number of fused-ring (bicyclic) bond motifs is 2. The molecule has 10 heteroatoms. The summed E-state index contributed by atoms with van der Waals surface area (Å²) in [4.78, 5) is 33.4. The molecule has 6 rings (SSSR count). The molecule has 37 heavy (non-hydrogen) atoms. The first kappa shape index (κ1) is 23.7. The van der Waals surface area contributed by atoms with E-state index >= 15 is 0 Å². The maximum atomic E-state index is 13.9. The number of hydrogen-bond acceptors (Lipinski definition) is 8. The van der Waals surface area contributed by atoms with Crippen LogP contribution in [-0.2, 0) is 9.53 Å². The molecule has 0 spiro atoms. The molecule has 0 fully saturated rings. The number of thiophene rings is 1. The maximum absolute atomic E-state index is 13.9. The molecule has 0 saturated carbocycles. The van der Waals surface area contributed by atoms with Crippen LogP contribution >= 0.6 is 34.3 Å². The number of carbonyl (C=O) groups is 1. The van der Waals surface area contributed by atoms with Crippen molar-refractivity contribution in [1.29, 1.82) is 0 Å². The summed E-state index contributed by atoms with van der Waals surface area (Å²) in [6.45, 7) is 2.08. The molecule has 2 aromatic carbocycles. The second-order valence-corrected chi connectivity index (χ2v) is 10.6. The van der Waals surface area contributed by atoms with E-state index in [0.29, 0.717) is 42.7 Å². The van der Waals surface area contributed by atoms with Crippen LogP contribution in [0.1, 0.15) is 29.0 Å². The van der Waals surface area contributed by atoms with Crippen molar-refractivity contribution in [2.24, 2.45) is 4.99 Å². The zero-order chi connectivity index (χ0) is 25.5. The number of nitrogens with zero attached hydrogens (tertiary/aromatic N) is 2. The summed E-state index contributed by atoms with van der Waals surface area (Å²) in [7, 11) is 0. The first-order valence-corrected chi connectivity index (χ1v) is 13.5. The fraction of sp³-hybridized carbons (Fsp3) is 0.148. The summed E-state index contributed by atoms with van der Waals surface area (Å²) in [5, 5.41) is 2.35. The zero-order valence-corrected chi connectivity index (χ0v) is 21.9. The molecule has 0 aliphatic carbocycles. The SMILES string of the molecule is CCOC(=O)C1=C(c2ccccc2)N=c2s/c(=C/c3cc4c(cc3Cl)OCO4)c(=O)n2[C@H]1c1cccs1. The van der Waals surface area contributed by atoms with Gasteiger partial charge in [-0.3, -0.25) is 9.36 Å². The van der Waals surface area contributed by atoms with Gasteiger partial charge in [-0.25, -0.2) is 9.79 Å². The highest BCUT2D eigenvalue weighted by atomic mass is 35.5. The second-order valence-electron chi connectivity index (χ2n) is 8.17. The summed E-state index contributed by atoms with van der Waals surface area (Å²) >= 11 is 9.20. The van der Waals surface area contributed by atoms with Crippen molar-refractivity contribution < 1.29 is 19.0 Å². The van der Waals surface area contributed by atoms with Gasteiger partial charge in [-0.1, -0.05) is 59.3 Å². The van der Waals surface area contributed by atoms with E-state index in [1.54, 1.807) is 29.7 Å². The van der Waals surface area contributed by atoms with Crippen LogP contribution in [0.2, 0.25) is 5.02 Å². The van der Waals surface area contributed by atoms with E-state index in [2.05, 4.69) is 0 Å². The van der Waals surface area contributed by atoms with E-state index in [0.717, 1.165) is 10.4 Å². The molecule has 0 amide bonds. The largest absolute Gasteiger partial charge is 0.463 e. The highest BCUT2D eigenvalue weighted by molar-refractivity contribution is 7.10. The number of hydrogen-bond donors (Lipinski definition) is 0. The van der Waals surface area contributed by atoms with Crippen LogP contribution in [0.3, 0.4) is 0 Å². The molecular formula is C27H19ClN2O5S2. The number of benzene rings is 2. The lowest BCUT2D eigenvalue weighted by Crippen LogP contribution is -2.39. The number of aromatic nitrogens is 1. The smallest absolute Gasteiger partial charge is 0.338 e. The molecule has 2 aliphatic heterocycles. The summed E-state index contributed by atoms with van der Waals surface area (Å²) < 4.78 is 18.3. The molecule has 0 bridgehead atoms. The van der Waals surface area contributed by atoms with Crippen LogP contribution in [0.4, 0.5) is 0 Å². The van der Waals surface area contributed by atoms with Crippen molar-refractivity contribution in [3.63, 3.8) is 0 Å². The van der Waals surface area contributed by atoms with E-state index in [1.807, 2.05) is 47.8 Å². The minimum atomic E-state index is -0.681. The minimum Gasteiger partial charge on any atom is -0.463 e. The molecule has 4 aromatic rings. The molecular weight excluding hydrogens is 532 g/mol. The second kappa shape index (κ2) is 9.66. The molecule has 0 N–H and O–H groups in total. The van der Waals surface area contributed by atoms with Gasteiger partial charge in [0.2, 0.25) is 6.79 Å². The minimum absolute atomic E-state index is 0.122. The van der Waals surface area contributed by atoms with Crippen molar-refractivity contribution in [2.45, 2.75) is 13.0 Å². The van der Waals surface area contributed by atoms with Crippen molar-refractivity contribution >= 4 is 52.0 Å². The molecule has 0 unspecified atom stereocenters. The third-order valence-electron chi connectivity index (χ3n) is 5.96. The number of carbonyl (C=O) groups excluding carboxylic acids is 1. The van der Waals surface area contributed by atoms with Gasteiger partial charge in [0.25, 0.3) is 5.56 Å². The molecule has 0 radical (unpaired) electrons. The first-order valence-electron chi connectivity index (χ1n) is 11.5. The summed E-state index contributed by atoms with van der Waals surface area (Å²) in [6.07, 6.45) is 1.72. The van der Waals surface area contributed by atoms with Gasteiger partial charge in [-0.05, 0) is 36.1 Å². The van der Waals surface area contributed by atoms with Gasteiger partial charge in [0.1, 0.15) is 6.04 Å². The summed E-state index contributed by atoms with van der Waals surface area (Å²) in [6, 6.07) is 16.0. The van der Waals surface area contributed by atoms with Gasteiger partial charge in [-0.2, -0.15) is 0 Å². The van der Waals surface area contributed by atoms with Crippen molar-refractivity contribution in [1.82, 2.24) is 4.57 Å². The number of rotatable bonds is 5. The highest BCUT2D eigenvalue weighted by Gasteiger charge is 2.35. The Bertz CT molecular complexity index is 1720. The maximum Gasteiger partial charge on any atom is 0.338 e. The molecule has 186 valence electrons. The number of halogens is 1. The van der Waals surface area contributed by atoms with E-state index < -0.39 is 12.0 Å². The highest BCUT2D eigenvalue weighted by Crippen LogP contribution is 2.38. The van der Waals surface area contributed by atoms with Crippen LogP contribution < -0.4 is 24.4 Å². The lowest BCUT2D eigenvalue weighted by molar-refractivity contribution is -0.138. The Kier molecular flexibility index (Phi) is 6.19. The molecule has 7 nitrogen and oxygen atoms in total. The summed E-state index contributed by atoms with van der Waals surface area (Å²) in [5.74, 6) is 0.625. The first-order chi connectivity index (χ1) is 18.0. The third-order valence-corrected chi connectivity index (χ3v) is 8.20. The summed E-state index contributed by atoms with van der Waals surface area (Å²) in [5.41, 5.74) is 1.94. The number of thiazole rings is 1. The molecule has 1 atom stereocenters. The lowest BCUT2D eigenvalue weighted by atomic mass is 9.97. The van der Waals surface area contributed by atoms with E-state index in [1.165, 1.54) is 22.7 Å². The van der Waals surface area contributed by atoms with Crippen molar-refractivity contribution in [3.8, 4) is 11.5 Å². The van der Waals surface area contributed by atoms with Crippen LogP contribution in [0.15, 0.2) is 75.3 Å². The molecule has 2 aromatic heterocycles. The van der Waals surface area contributed by atoms with Crippen LogP contribution in [0.25, 0.3) is 11.8 Å². The fourth-order valence-corrected chi connectivity index (χ4v) is 6.36. The molecule has 0 saturated heterocycles. The predicted octanol–water partition coefficient (Wildman–Crippen LogP) is 4.38. The van der Waals surface area contributed by atoms with Crippen LogP contribution in [0, 0.1) is 0 Å². The Labute approximate surface area is 224 Å². The van der Waals surface area contributed by atoms with Gasteiger partial charge < -0.3 is 14.2 Å². The Morgan fingerprint density at radius 2 is 1.97 bits per heavy atom. The Hall–Kier alpha value is -3.66. The van der Waals surface area contributed by atoms with E-state index in [9.17, 15) is 9.59 Å². The molecule has 4 heterocycles. The van der Waals surface area contributed by atoms with Crippen molar-refractivity contribution in [3.05, 3.63) is 106 Å². The van der Waals surface area contributed by atoms with Gasteiger partial charge >= 0.3 is 5.97 Å². The Morgan fingerprint density at radius 3 is 2.70 bits per heavy atom. The Balaban J connectivity index is 1.61. The molecule has 2 aliphatic rings. The zero-order valence-electron chi connectivity index (χ0n) is 19.5. The quantitative estimate of drug-likeness (QED) is 0.345. The van der Waals surface area contributed by atoms with Crippen molar-refractivity contribution in [2.75, 3.05) is 13.4 Å². The standard InChI is InChI=1S/C27H19ClN2O5S2/c1-2-33-26(32)22-23(15-7-4-3-5-8-15)29-27-30(24(22)20-9-6-10-36-20)25(31)21(37-27)12-16-11-18-19(13-17(16)28)35-14-34-18/h3-13,24H,2,14H2,1H3/b21-12+/t24-/m0/s1. The van der Waals surface area contributed by atoms with Gasteiger partial charge in [0.05, 0.1) is 27.4 Å². The lowest BCUT2D eigenvalue weighted by Gasteiger charge is -2.24. The number of ether oxygens (including phenoxy) is 3. The monoisotopic (exact) mass is 550 g/mol. The Morgan fingerprint density at radius 1 is 1.19 bits per heavy atom. The van der Waals surface area contributed by atoms with Crippen LogP contribution in [-0.4, -0.2) is 23.9 Å². The van der Waals surface area contributed by atoms with Gasteiger partial charge in [-0.15, -0.1) is 11.3 Å². The van der Waals surface area contributed by atoms with Gasteiger partial charge in [0, 0.05) is 16.5 Å². The van der Waals surface area contributed by atoms with E-state index in [4.69, 9.17) is 30.8 Å². The van der Waals surface area contributed by atoms with E-state index in [-0.39, 0.29) is 19.0 Å². The van der Waals surface area contributed by atoms with Gasteiger partial charge in [0.15, 0.2) is 16.3 Å².